The van der Waals surface area contributed by atoms with Gasteiger partial charge in [-0.1, -0.05) is 41.5 Å². The van der Waals surface area contributed by atoms with Crippen LogP contribution in [0, 0.1) is 0 Å². The lowest BCUT2D eigenvalue weighted by molar-refractivity contribution is -0.137. The molecule has 0 aliphatic carbocycles. The molecule has 0 radical (unpaired) electrons. The second kappa shape index (κ2) is 5.68. The van der Waals surface area contributed by atoms with E-state index in [-0.39, 0.29) is 23.0 Å². The second-order valence-electron chi connectivity index (χ2n) is 7.67. The summed E-state index contributed by atoms with van der Waals surface area (Å²) in [5.41, 5.74) is 7.86. The van der Waals surface area contributed by atoms with Crippen molar-refractivity contribution in [3.8, 4) is 5.75 Å². The summed E-state index contributed by atoms with van der Waals surface area (Å²) in [6.07, 6.45) is -0.127. The van der Waals surface area contributed by atoms with Gasteiger partial charge >= 0.3 is 5.97 Å². The third kappa shape index (κ3) is 4.21. The summed E-state index contributed by atoms with van der Waals surface area (Å²) in [6.45, 7) is 12.1. The van der Waals surface area contributed by atoms with Crippen LogP contribution in [0.25, 0.3) is 0 Å². The molecule has 1 atom stereocenters. The average Bonchev–Trinajstić information content (AvgIpc) is 2.24. The number of carboxylic acids is 1. The van der Waals surface area contributed by atoms with Crippen LogP contribution in [0.15, 0.2) is 12.1 Å². The van der Waals surface area contributed by atoms with E-state index < -0.39 is 12.0 Å². The number of hydrogen-bond acceptors (Lipinski definition) is 3. The largest absolute Gasteiger partial charge is 0.507 e. The maximum absolute atomic E-state index is 10.9. The molecule has 0 aliphatic heterocycles. The maximum Gasteiger partial charge on any atom is 0.305 e. The van der Waals surface area contributed by atoms with Gasteiger partial charge in [0.15, 0.2) is 0 Å². The van der Waals surface area contributed by atoms with Crippen LogP contribution in [0.4, 0.5) is 0 Å². The molecule has 0 aromatic heterocycles. The summed E-state index contributed by atoms with van der Waals surface area (Å²) < 4.78 is 0. The minimum Gasteiger partial charge on any atom is -0.507 e. The standard InChI is InChI=1S/C17H27NO3/c1-16(2,3)11-7-10(13(18)9-14(19)20)8-12(15(11)21)17(4,5)6/h7-8,13,21H,9,18H2,1-6H3,(H,19,20)/t13-/m1/s1. The van der Waals surface area contributed by atoms with E-state index in [1.807, 2.05) is 53.7 Å². The Morgan fingerprint density at radius 1 is 1.10 bits per heavy atom. The van der Waals surface area contributed by atoms with E-state index in [0.29, 0.717) is 0 Å². The Balaban J connectivity index is 3.51. The zero-order valence-electron chi connectivity index (χ0n) is 13.8. The molecule has 21 heavy (non-hydrogen) atoms. The van der Waals surface area contributed by atoms with Crippen LogP contribution in [0.3, 0.4) is 0 Å². The summed E-state index contributed by atoms with van der Waals surface area (Å²) in [6, 6.07) is 3.08. The van der Waals surface area contributed by atoms with Gasteiger partial charge in [0.1, 0.15) is 5.75 Å². The highest BCUT2D eigenvalue weighted by molar-refractivity contribution is 5.68. The zero-order valence-corrected chi connectivity index (χ0v) is 13.8. The van der Waals surface area contributed by atoms with Crippen molar-refractivity contribution in [2.24, 2.45) is 5.73 Å². The molecule has 118 valence electrons. The van der Waals surface area contributed by atoms with Crippen molar-refractivity contribution in [2.45, 2.75) is 64.8 Å². The Morgan fingerprint density at radius 3 is 1.76 bits per heavy atom. The van der Waals surface area contributed by atoms with E-state index in [2.05, 4.69) is 0 Å². The first-order chi connectivity index (χ1) is 9.34. The van der Waals surface area contributed by atoms with Crippen LogP contribution >= 0.6 is 0 Å². The number of phenols is 1. The lowest BCUT2D eigenvalue weighted by Crippen LogP contribution is -2.21. The molecule has 0 saturated carbocycles. The molecule has 1 aromatic carbocycles. The first-order valence-electron chi connectivity index (χ1n) is 7.19. The molecule has 0 saturated heterocycles. The number of aromatic hydroxyl groups is 1. The van der Waals surface area contributed by atoms with Gasteiger partial charge in [0.05, 0.1) is 6.42 Å². The van der Waals surface area contributed by atoms with Crippen LogP contribution in [0.2, 0.25) is 0 Å². The summed E-state index contributed by atoms with van der Waals surface area (Å²) in [5, 5.41) is 19.5. The number of nitrogens with two attached hydrogens (primary N) is 1. The lowest BCUT2D eigenvalue weighted by atomic mass is 9.77. The fourth-order valence-electron chi connectivity index (χ4n) is 2.32. The first-order valence-corrected chi connectivity index (χ1v) is 7.19. The quantitative estimate of drug-likeness (QED) is 0.797. The third-order valence-electron chi connectivity index (χ3n) is 3.57. The second-order valence-corrected chi connectivity index (χ2v) is 7.67. The molecule has 0 bridgehead atoms. The highest BCUT2D eigenvalue weighted by Crippen LogP contribution is 2.40. The molecule has 0 heterocycles. The van der Waals surface area contributed by atoms with Crippen molar-refractivity contribution in [2.75, 3.05) is 0 Å². The van der Waals surface area contributed by atoms with E-state index in [4.69, 9.17) is 10.8 Å². The molecule has 1 aromatic rings. The Hall–Kier alpha value is -1.55. The highest BCUT2D eigenvalue weighted by atomic mass is 16.4. The maximum atomic E-state index is 10.9. The monoisotopic (exact) mass is 293 g/mol. The van der Waals surface area contributed by atoms with Gasteiger partial charge < -0.3 is 15.9 Å². The number of rotatable bonds is 3. The predicted octanol–water partition coefficient (Wildman–Crippen LogP) is 3.46. The van der Waals surface area contributed by atoms with Gasteiger partial charge in [-0.2, -0.15) is 0 Å². The van der Waals surface area contributed by atoms with E-state index in [1.165, 1.54) is 0 Å². The number of benzene rings is 1. The van der Waals surface area contributed by atoms with Gasteiger partial charge in [-0.05, 0) is 39.7 Å². The van der Waals surface area contributed by atoms with Crippen LogP contribution in [0.1, 0.15) is 70.7 Å². The normalized spacial score (nSPS) is 14.0. The summed E-state index contributed by atoms with van der Waals surface area (Å²) >= 11 is 0. The fourth-order valence-corrected chi connectivity index (χ4v) is 2.32. The van der Waals surface area contributed by atoms with Crippen LogP contribution < -0.4 is 5.73 Å². The Morgan fingerprint density at radius 2 is 1.48 bits per heavy atom. The molecule has 4 heteroatoms. The smallest absolute Gasteiger partial charge is 0.305 e. The molecule has 0 amide bonds. The van der Waals surface area contributed by atoms with Crippen molar-refractivity contribution >= 4 is 5.97 Å². The fraction of sp³-hybridized carbons (Fsp3) is 0.588. The third-order valence-corrected chi connectivity index (χ3v) is 3.57. The van der Waals surface area contributed by atoms with Crippen molar-refractivity contribution in [3.63, 3.8) is 0 Å². The molecular formula is C17H27NO3. The van der Waals surface area contributed by atoms with Gasteiger partial charge in [0, 0.05) is 6.04 Å². The number of aliphatic carboxylic acids is 1. The minimum absolute atomic E-state index is 0.127. The summed E-state index contributed by atoms with van der Waals surface area (Å²) in [7, 11) is 0. The summed E-state index contributed by atoms with van der Waals surface area (Å²) in [5.74, 6) is -0.647. The van der Waals surface area contributed by atoms with E-state index in [0.717, 1.165) is 16.7 Å². The van der Waals surface area contributed by atoms with Gasteiger partial charge in [0.2, 0.25) is 0 Å². The Kier molecular flexibility index (Phi) is 4.73. The average molecular weight is 293 g/mol. The molecule has 0 aliphatic rings. The molecule has 1 rings (SSSR count). The van der Waals surface area contributed by atoms with Gasteiger partial charge in [0.25, 0.3) is 0 Å². The van der Waals surface area contributed by atoms with Gasteiger partial charge in [-0.3, -0.25) is 4.79 Å². The predicted molar refractivity (Wildman–Crippen MR) is 84.7 cm³/mol. The number of carbonyl (C=O) groups is 1. The van der Waals surface area contributed by atoms with E-state index >= 15 is 0 Å². The molecule has 4 N–H and O–H groups in total. The number of carboxylic acid groups (broad SMARTS) is 1. The van der Waals surface area contributed by atoms with Crippen LogP contribution in [0.5, 0.6) is 5.75 Å². The van der Waals surface area contributed by atoms with Crippen molar-refractivity contribution < 1.29 is 15.0 Å². The molecule has 0 spiro atoms. The molecular weight excluding hydrogens is 266 g/mol. The van der Waals surface area contributed by atoms with Gasteiger partial charge in [-0.15, -0.1) is 0 Å². The van der Waals surface area contributed by atoms with Crippen LogP contribution in [-0.4, -0.2) is 16.2 Å². The molecule has 0 unspecified atom stereocenters. The SMILES string of the molecule is CC(C)(C)c1cc([C@H](N)CC(=O)O)cc(C(C)(C)C)c1O. The van der Waals surface area contributed by atoms with E-state index in [1.54, 1.807) is 0 Å². The topological polar surface area (TPSA) is 83.6 Å². The van der Waals surface area contributed by atoms with Crippen LogP contribution in [-0.2, 0) is 15.6 Å². The van der Waals surface area contributed by atoms with Gasteiger partial charge in [-0.25, -0.2) is 0 Å². The zero-order chi connectivity index (χ0) is 16.6. The summed E-state index contributed by atoms with van der Waals surface area (Å²) in [4.78, 5) is 10.9. The molecule has 0 fully saturated rings. The number of phenolic OH excluding ortho intramolecular Hbond substituents is 1. The number of hydrogen-bond donors (Lipinski definition) is 3. The van der Waals surface area contributed by atoms with E-state index in [9.17, 15) is 9.90 Å². The highest BCUT2D eigenvalue weighted by Gasteiger charge is 2.27. The van der Waals surface area contributed by atoms with Crippen molar-refractivity contribution in [3.05, 3.63) is 28.8 Å². The molecule has 4 nitrogen and oxygen atoms in total. The van der Waals surface area contributed by atoms with Crippen molar-refractivity contribution in [1.82, 2.24) is 0 Å². The Labute approximate surface area is 127 Å². The van der Waals surface area contributed by atoms with Crippen molar-refractivity contribution in [1.29, 1.82) is 0 Å². The Bertz CT molecular complexity index is 501. The minimum atomic E-state index is -0.926. The first kappa shape index (κ1) is 17.5. The lowest BCUT2D eigenvalue weighted by Gasteiger charge is -2.29.